The fraction of sp³-hybridized carbons (Fsp3) is 0.167. The zero-order valence-corrected chi connectivity index (χ0v) is 13.7. The molecule has 118 valence electrons. The first-order chi connectivity index (χ1) is 11.0. The average molecular weight is 349 g/mol. The van der Waals surface area contributed by atoms with Crippen LogP contribution in [0, 0.1) is 0 Å². The first-order valence-electron chi connectivity index (χ1n) is 7.07. The van der Waals surface area contributed by atoms with Crippen LogP contribution >= 0.6 is 23.2 Å². The smallest absolute Gasteiger partial charge is 0.253 e. The van der Waals surface area contributed by atoms with Gasteiger partial charge < -0.3 is 0 Å². The molecule has 0 aliphatic rings. The summed E-state index contributed by atoms with van der Waals surface area (Å²) in [5.41, 5.74) is 1.19. The molecule has 0 amide bonds. The molecule has 0 N–H and O–H groups in total. The van der Waals surface area contributed by atoms with Gasteiger partial charge in [-0.25, -0.2) is 0 Å². The molecule has 0 heterocycles. The number of ketones is 1. The van der Waals surface area contributed by atoms with E-state index in [-0.39, 0.29) is 29.8 Å². The molecule has 2 rings (SSSR count). The number of carbonyl (C=O) groups excluding carboxylic acids is 3. The maximum absolute atomic E-state index is 12.9. The number of carbonyl (C=O) groups is 3. The Morgan fingerprint density at radius 2 is 1.39 bits per heavy atom. The summed E-state index contributed by atoms with van der Waals surface area (Å²) in [7, 11) is 0. The van der Waals surface area contributed by atoms with E-state index in [9.17, 15) is 14.4 Å². The van der Waals surface area contributed by atoms with Gasteiger partial charge in [0.2, 0.25) is 5.24 Å². The van der Waals surface area contributed by atoms with Crippen LogP contribution in [0.4, 0.5) is 0 Å². The van der Waals surface area contributed by atoms with Crippen LogP contribution in [0.3, 0.4) is 0 Å². The Kier molecular flexibility index (Phi) is 6.08. The standard InChI is InChI=1S/C18H14Cl2O3/c19-16(21)11-10-13(12-6-2-1-3-7-12)17(22)14-8-4-5-9-15(14)18(20)23/h1-9,13H,10-11H2. The fourth-order valence-corrected chi connectivity index (χ4v) is 2.72. The maximum Gasteiger partial charge on any atom is 0.253 e. The van der Waals surface area contributed by atoms with Crippen molar-refractivity contribution in [1.82, 2.24) is 0 Å². The second-order valence-corrected chi connectivity index (χ2v) is 5.81. The van der Waals surface area contributed by atoms with Gasteiger partial charge in [0.05, 0.1) is 0 Å². The van der Waals surface area contributed by atoms with Crippen molar-refractivity contribution >= 4 is 39.5 Å². The number of rotatable bonds is 7. The summed E-state index contributed by atoms with van der Waals surface area (Å²) in [4.78, 5) is 35.5. The van der Waals surface area contributed by atoms with Gasteiger partial charge in [0.15, 0.2) is 5.78 Å². The van der Waals surface area contributed by atoms with Crippen LogP contribution < -0.4 is 0 Å². The van der Waals surface area contributed by atoms with E-state index in [1.54, 1.807) is 18.2 Å². The highest BCUT2D eigenvalue weighted by molar-refractivity contribution is 6.68. The molecular formula is C18H14Cl2O3. The van der Waals surface area contributed by atoms with Crippen LogP contribution in [0.5, 0.6) is 0 Å². The highest BCUT2D eigenvalue weighted by atomic mass is 35.5. The predicted octanol–water partition coefficient (Wildman–Crippen LogP) is 4.58. The van der Waals surface area contributed by atoms with Gasteiger partial charge >= 0.3 is 0 Å². The van der Waals surface area contributed by atoms with E-state index in [2.05, 4.69) is 0 Å². The van der Waals surface area contributed by atoms with Gasteiger partial charge in [-0.3, -0.25) is 14.4 Å². The Bertz CT molecular complexity index is 726. The average Bonchev–Trinajstić information content (AvgIpc) is 2.55. The second-order valence-electron chi connectivity index (χ2n) is 5.04. The van der Waals surface area contributed by atoms with Crippen LogP contribution in [0.15, 0.2) is 54.6 Å². The van der Waals surface area contributed by atoms with Crippen LogP contribution in [-0.4, -0.2) is 16.3 Å². The molecule has 3 nitrogen and oxygen atoms in total. The van der Waals surface area contributed by atoms with Crippen LogP contribution in [0.1, 0.15) is 45.0 Å². The zero-order valence-electron chi connectivity index (χ0n) is 12.2. The van der Waals surface area contributed by atoms with E-state index in [1.165, 1.54) is 6.07 Å². The van der Waals surface area contributed by atoms with E-state index in [0.717, 1.165) is 5.56 Å². The van der Waals surface area contributed by atoms with Crippen molar-refractivity contribution in [3.63, 3.8) is 0 Å². The molecule has 0 saturated heterocycles. The molecule has 0 bridgehead atoms. The Hall–Kier alpha value is -1.97. The second kappa shape index (κ2) is 8.04. The minimum Gasteiger partial charge on any atom is -0.293 e. The lowest BCUT2D eigenvalue weighted by Gasteiger charge is -2.17. The lowest BCUT2D eigenvalue weighted by molar-refractivity contribution is -0.111. The lowest BCUT2D eigenvalue weighted by Crippen LogP contribution is -2.16. The number of Topliss-reactive ketones (excluding diaryl/α,β-unsaturated/α-hetero) is 1. The van der Waals surface area contributed by atoms with Gasteiger partial charge in [-0.2, -0.15) is 0 Å². The van der Waals surface area contributed by atoms with Crippen molar-refractivity contribution in [2.75, 3.05) is 0 Å². The Morgan fingerprint density at radius 3 is 1.96 bits per heavy atom. The highest BCUT2D eigenvalue weighted by Crippen LogP contribution is 2.28. The van der Waals surface area contributed by atoms with E-state index in [1.807, 2.05) is 30.3 Å². The van der Waals surface area contributed by atoms with Crippen molar-refractivity contribution < 1.29 is 14.4 Å². The van der Waals surface area contributed by atoms with E-state index >= 15 is 0 Å². The number of hydrogen-bond acceptors (Lipinski definition) is 3. The first-order valence-corrected chi connectivity index (χ1v) is 7.82. The third-order valence-electron chi connectivity index (χ3n) is 3.55. The minimum atomic E-state index is -0.686. The normalized spacial score (nSPS) is 11.7. The predicted molar refractivity (Wildman–Crippen MR) is 90.2 cm³/mol. The SMILES string of the molecule is O=C(Cl)CCC(C(=O)c1ccccc1C(=O)Cl)c1ccccc1. The molecule has 0 aliphatic carbocycles. The van der Waals surface area contributed by atoms with Gasteiger partial charge in [-0.1, -0.05) is 48.5 Å². The summed E-state index contributed by atoms with van der Waals surface area (Å²) in [6.45, 7) is 0. The lowest BCUT2D eigenvalue weighted by atomic mass is 9.86. The molecule has 0 spiro atoms. The zero-order chi connectivity index (χ0) is 16.8. The molecule has 2 aromatic rings. The number of hydrogen-bond donors (Lipinski definition) is 0. The van der Waals surface area contributed by atoms with E-state index < -0.39 is 16.4 Å². The first kappa shape index (κ1) is 17.4. The van der Waals surface area contributed by atoms with E-state index in [0.29, 0.717) is 0 Å². The van der Waals surface area contributed by atoms with Crippen molar-refractivity contribution in [3.05, 3.63) is 71.3 Å². The molecule has 0 radical (unpaired) electrons. The molecule has 0 aromatic heterocycles. The van der Waals surface area contributed by atoms with Gasteiger partial charge in [-0.05, 0) is 41.3 Å². The Morgan fingerprint density at radius 1 is 0.826 bits per heavy atom. The monoisotopic (exact) mass is 348 g/mol. The summed E-state index contributed by atoms with van der Waals surface area (Å²) >= 11 is 11.0. The van der Waals surface area contributed by atoms with Crippen molar-refractivity contribution in [2.24, 2.45) is 0 Å². The highest BCUT2D eigenvalue weighted by Gasteiger charge is 2.25. The molecule has 23 heavy (non-hydrogen) atoms. The van der Waals surface area contributed by atoms with Crippen molar-refractivity contribution in [3.8, 4) is 0 Å². The maximum atomic E-state index is 12.9. The molecule has 5 heteroatoms. The topological polar surface area (TPSA) is 51.2 Å². The minimum absolute atomic E-state index is 0.0733. The molecule has 1 atom stereocenters. The van der Waals surface area contributed by atoms with Gasteiger partial charge in [0.25, 0.3) is 5.24 Å². The van der Waals surface area contributed by atoms with Gasteiger partial charge in [-0.15, -0.1) is 0 Å². The van der Waals surface area contributed by atoms with Crippen LogP contribution in [0.25, 0.3) is 0 Å². The van der Waals surface area contributed by atoms with E-state index in [4.69, 9.17) is 23.2 Å². The third kappa shape index (κ3) is 4.50. The third-order valence-corrected chi connectivity index (χ3v) is 3.94. The molecule has 0 aliphatic heterocycles. The summed E-state index contributed by atoms with van der Waals surface area (Å²) in [5.74, 6) is -0.810. The fourth-order valence-electron chi connectivity index (χ4n) is 2.45. The van der Waals surface area contributed by atoms with Crippen LogP contribution in [0.2, 0.25) is 0 Å². The molecule has 1 unspecified atom stereocenters. The van der Waals surface area contributed by atoms with Crippen molar-refractivity contribution in [1.29, 1.82) is 0 Å². The van der Waals surface area contributed by atoms with Crippen LogP contribution in [-0.2, 0) is 4.79 Å². The largest absolute Gasteiger partial charge is 0.293 e. The molecular weight excluding hydrogens is 335 g/mol. The summed E-state index contributed by atoms with van der Waals surface area (Å²) in [5, 5.41) is -1.19. The molecule has 0 saturated carbocycles. The molecule has 0 fully saturated rings. The Labute approximate surface area is 144 Å². The summed E-state index contributed by atoms with van der Waals surface area (Å²) < 4.78 is 0. The van der Waals surface area contributed by atoms with Crippen molar-refractivity contribution in [2.45, 2.75) is 18.8 Å². The quantitative estimate of drug-likeness (QED) is 0.543. The summed E-state index contributed by atoms with van der Waals surface area (Å²) in [6, 6.07) is 15.5. The van der Waals surface area contributed by atoms with Gasteiger partial charge in [0, 0.05) is 23.5 Å². The summed E-state index contributed by atoms with van der Waals surface area (Å²) in [6.07, 6.45) is 0.347. The number of benzene rings is 2. The molecule has 2 aromatic carbocycles. The number of halogens is 2. The van der Waals surface area contributed by atoms with Gasteiger partial charge in [0.1, 0.15) is 0 Å². The Balaban J connectivity index is 2.41.